The van der Waals surface area contributed by atoms with E-state index in [-0.39, 0.29) is 36.8 Å². The molecule has 0 radical (unpaired) electrons. The summed E-state index contributed by atoms with van der Waals surface area (Å²) in [5.41, 5.74) is 1.78. The number of nitrogens with one attached hydrogen (secondary N) is 1. The Kier molecular flexibility index (Phi) is 8.84. The molecule has 162 valence electrons. The average molecular weight is 415 g/mol. The van der Waals surface area contributed by atoms with Crippen LogP contribution in [0.3, 0.4) is 0 Å². The van der Waals surface area contributed by atoms with Crippen LogP contribution in [0.2, 0.25) is 0 Å². The predicted molar refractivity (Wildman–Crippen MR) is 116 cm³/mol. The van der Waals surface area contributed by atoms with E-state index in [9.17, 15) is 14.0 Å². The summed E-state index contributed by atoms with van der Waals surface area (Å²) >= 11 is 0. The highest BCUT2D eigenvalue weighted by molar-refractivity contribution is 5.88. The zero-order valence-electron chi connectivity index (χ0n) is 18.2. The van der Waals surface area contributed by atoms with Crippen LogP contribution in [0.5, 0.6) is 5.75 Å². The zero-order chi connectivity index (χ0) is 22.1. The molecule has 0 bridgehead atoms. The van der Waals surface area contributed by atoms with Crippen LogP contribution < -0.4 is 10.1 Å². The molecular formula is C24H31FN2O3. The van der Waals surface area contributed by atoms with Crippen molar-refractivity contribution < 1.29 is 18.7 Å². The number of rotatable bonds is 10. The van der Waals surface area contributed by atoms with Crippen LogP contribution in [-0.2, 0) is 16.1 Å². The van der Waals surface area contributed by atoms with Gasteiger partial charge in [0.25, 0.3) is 5.91 Å². The first kappa shape index (κ1) is 23.4. The van der Waals surface area contributed by atoms with Gasteiger partial charge in [0.05, 0.1) is 0 Å². The molecule has 2 rings (SSSR count). The van der Waals surface area contributed by atoms with E-state index in [1.54, 1.807) is 18.2 Å². The third kappa shape index (κ3) is 6.87. The third-order valence-corrected chi connectivity index (χ3v) is 5.00. The molecule has 0 aliphatic heterocycles. The van der Waals surface area contributed by atoms with Gasteiger partial charge in [-0.25, -0.2) is 4.39 Å². The highest BCUT2D eigenvalue weighted by Gasteiger charge is 2.29. The molecule has 0 spiro atoms. The second-order valence-corrected chi connectivity index (χ2v) is 7.50. The molecule has 0 saturated carbocycles. The van der Waals surface area contributed by atoms with Crippen LogP contribution in [0, 0.1) is 12.7 Å². The minimum atomic E-state index is -0.641. The van der Waals surface area contributed by atoms with Crippen LogP contribution in [0.1, 0.15) is 44.7 Å². The minimum Gasteiger partial charge on any atom is -0.484 e. The SMILES string of the molecule is CC[C@H](C)NC(=O)[C@H](CC)N(Cc1ccc(F)cc1)C(=O)COc1cccc(C)c1. The lowest BCUT2D eigenvalue weighted by atomic mass is 10.1. The Morgan fingerprint density at radius 3 is 2.40 bits per heavy atom. The first-order chi connectivity index (χ1) is 14.3. The summed E-state index contributed by atoms with van der Waals surface area (Å²) in [5, 5.41) is 2.96. The molecule has 2 atom stereocenters. The molecule has 2 amide bonds. The molecule has 0 unspecified atom stereocenters. The van der Waals surface area contributed by atoms with E-state index >= 15 is 0 Å². The minimum absolute atomic E-state index is 0.0119. The predicted octanol–water partition coefficient (Wildman–Crippen LogP) is 4.24. The molecule has 0 heterocycles. The number of hydrogen-bond acceptors (Lipinski definition) is 3. The molecule has 30 heavy (non-hydrogen) atoms. The van der Waals surface area contributed by atoms with Crippen molar-refractivity contribution in [3.8, 4) is 5.75 Å². The maximum atomic E-state index is 13.3. The van der Waals surface area contributed by atoms with Crippen molar-refractivity contribution >= 4 is 11.8 Å². The highest BCUT2D eigenvalue weighted by Crippen LogP contribution is 2.16. The Bertz CT molecular complexity index is 839. The lowest BCUT2D eigenvalue weighted by Gasteiger charge is -2.31. The highest BCUT2D eigenvalue weighted by atomic mass is 19.1. The Morgan fingerprint density at radius 2 is 1.80 bits per heavy atom. The summed E-state index contributed by atoms with van der Waals surface area (Å²) in [6, 6.07) is 12.8. The van der Waals surface area contributed by atoms with Gasteiger partial charge in [-0.2, -0.15) is 0 Å². The Labute approximate surface area is 178 Å². The van der Waals surface area contributed by atoms with Gasteiger partial charge in [-0.3, -0.25) is 9.59 Å². The summed E-state index contributed by atoms with van der Waals surface area (Å²) in [6.45, 7) is 7.75. The van der Waals surface area contributed by atoms with Crippen molar-refractivity contribution in [2.75, 3.05) is 6.61 Å². The topological polar surface area (TPSA) is 58.6 Å². The molecule has 0 saturated heterocycles. The molecule has 5 nitrogen and oxygen atoms in total. The first-order valence-electron chi connectivity index (χ1n) is 10.4. The number of aryl methyl sites for hydroxylation is 1. The van der Waals surface area contributed by atoms with Crippen molar-refractivity contribution in [1.82, 2.24) is 10.2 Å². The second-order valence-electron chi connectivity index (χ2n) is 7.50. The van der Waals surface area contributed by atoms with Gasteiger partial charge in [0.1, 0.15) is 17.6 Å². The van der Waals surface area contributed by atoms with E-state index in [0.29, 0.717) is 12.2 Å². The fraction of sp³-hybridized carbons (Fsp3) is 0.417. The smallest absolute Gasteiger partial charge is 0.261 e. The summed E-state index contributed by atoms with van der Waals surface area (Å²) < 4.78 is 19.0. The lowest BCUT2D eigenvalue weighted by molar-refractivity contribution is -0.143. The maximum Gasteiger partial charge on any atom is 0.261 e. The number of ether oxygens (including phenoxy) is 1. The Balaban J connectivity index is 2.20. The monoisotopic (exact) mass is 414 g/mol. The summed E-state index contributed by atoms with van der Waals surface area (Å²) in [6.07, 6.45) is 1.25. The van der Waals surface area contributed by atoms with Gasteiger partial charge in [-0.15, -0.1) is 0 Å². The quantitative estimate of drug-likeness (QED) is 0.633. The van der Waals surface area contributed by atoms with Crippen molar-refractivity contribution in [3.63, 3.8) is 0 Å². The Morgan fingerprint density at radius 1 is 1.10 bits per heavy atom. The van der Waals surface area contributed by atoms with Gasteiger partial charge < -0.3 is 15.0 Å². The summed E-state index contributed by atoms with van der Waals surface area (Å²) in [5.74, 6) is -0.243. The standard InChI is InChI=1S/C24H31FN2O3/c1-5-18(4)26-24(29)22(6-2)27(15-19-10-12-20(25)13-11-19)23(28)16-30-21-9-7-8-17(3)14-21/h7-14,18,22H,5-6,15-16H2,1-4H3,(H,26,29)/t18-,22-/m0/s1. The zero-order valence-corrected chi connectivity index (χ0v) is 18.2. The molecular weight excluding hydrogens is 383 g/mol. The molecule has 0 fully saturated rings. The normalized spacial score (nSPS) is 12.7. The molecule has 6 heteroatoms. The van der Waals surface area contributed by atoms with Crippen LogP contribution in [-0.4, -0.2) is 35.4 Å². The number of carbonyl (C=O) groups excluding carboxylic acids is 2. The molecule has 1 N–H and O–H groups in total. The third-order valence-electron chi connectivity index (χ3n) is 5.00. The number of amides is 2. The van der Waals surface area contributed by atoms with E-state index in [4.69, 9.17) is 4.74 Å². The van der Waals surface area contributed by atoms with Crippen LogP contribution in [0.25, 0.3) is 0 Å². The van der Waals surface area contributed by atoms with Crippen LogP contribution in [0.4, 0.5) is 4.39 Å². The number of halogens is 1. The lowest BCUT2D eigenvalue weighted by Crippen LogP contribution is -2.51. The van der Waals surface area contributed by atoms with E-state index in [1.807, 2.05) is 45.9 Å². The molecule has 0 aliphatic rings. The van der Waals surface area contributed by atoms with Crippen molar-refractivity contribution in [2.24, 2.45) is 0 Å². The van der Waals surface area contributed by atoms with Crippen LogP contribution >= 0.6 is 0 Å². The number of benzene rings is 2. The first-order valence-corrected chi connectivity index (χ1v) is 10.4. The van der Waals surface area contributed by atoms with Crippen molar-refractivity contribution in [1.29, 1.82) is 0 Å². The van der Waals surface area contributed by atoms with Gasteiger partial charge in [-0.05, 0) is 62.1 Å². The van der Waals surface area contributed by atoms with E-state index in [0.717, 1.165) is 17.5 Å². The molecule has 0 aliphatic carbocycles. The summed E-state index contributed by atoms with van der Waals surface area (Å²) in [7, 11) is 0. The number of carbonyl (C=O) groups is 2. The number of hydrogen-bond donors (Lipinski definition) is 1. The van der Waals surface area contributed by atoms with Gasteiger partial charge >= 0.3 is 0 Å². The summed E-state index contributed by atoms with van der Waals surface area (Å²) in [4.78, 5) is 27.4. The van der Waals surface area contributed by atoms with Crippen LogP contribution in [0.15, 0.2) is 48.5 Å². The van der Waals surface area contributed by atoms with E-state index in [2.05, 4.69) is 5.32 Å². The molecule has 2 aromatic carbocycles. The fourth-order valence-electron chi connectivity index (χ4n) is 3.08. The second kappa shape index (κ2) is 11.3. The van der Waals surface area contributed by atoms with E-state index in [1.165, 1.54) is 17.0 Å². The average Bonchev–Trinajstić information content (AvgIpc) is 2.73. The van der Waals surface area contributed by atoms with E-state index < -0.39 is 6.04 Å². The number of nitrogens with zero attached hydrogens (tertiary/aromatic N) is 1. The fourth-order valence-corrected chi connectivity index (χ4v) is 3.08. The molecule has 0 aromatic heterocycles. The largest absolute Gasteiger partial charge is 0.484 e. The van der Waals surface area contributed by atoms with Gasteiger partial charge in [0.2, 0.25) is 5.91 Å². The maximum absolute atomic E-state index is 13.3. The van der Waals surface area contributed by atoms with Crippen molar-refractivity contribution in [2.45, 2.75) is 59.2 Å². The molecule has 2 aromatic rings. The van der Waals surface area contributed by atoms with Gasteiger partial charge in [0, 0.05) is 12.6 Å². The van der Waals surface area contributed by atoms with Gasteiger partial charge in [-0.1, -0.05) is 38.1 Å². The Hall–Kier alpha value is -2.89. The van der Waals surface area contributed by atoms with Gasteiger partial charge in [0.15, 0.2) is 6.61 Å². The van der Waals surface area contributed by atoms with Crippen molar-refractivity contribution in [3.05, 3.63) is 65.5 Å².